The van der Waals surface area contributed by atoms with Crippen LogP contribution in [0.1, 0.15) is 13.3 Å². The molecule has 0 atom stereocenters. The van der Waals surface area contributed by atoms with Crippen LogP contribution in [0.2, 0.25) is 0 Å². The number of aromatic nitrogens is 3. The summed E-state index contributed by atoms with van der Waals surface area (Å²) in [5.74, 6) is 1.36. The van der Waals surface area contributed by atoms with Crippen LogP contribution in [-0.2, 0) is 0 Å². The SMILES string of the molecule is CC1=CC(=Nc2nc(-c3cccnc3)nc3ccccc23)CCN1. The van der Waals surface area contributed by atoms with Crippen LogP contribution >= 0.6 is 0 Å². The first kappa shape index (κ1) is 14.5. The van der Waals surface area contributed by atoms with E-state index in [4.69, 9.17) is 9.98 Å². The van der Waals surface area contributed by atoms with Crippen molar-refractivity contribution in [1.82, 2.24) is 20.3 Å². The van der Waals surface area contributed by atoms with Gasteiger partial charge >= 0.3 is 0 Å². The van der Waals surface area contributed by atoms with E-state index in [2.05, 4.69) is 21.4 Å². The summed E-state index contributed by atoms with van der Waals surface area (Å²) in [7, 11) is 0. The van der Waals surface area contributed by atoms with Crippen LogP contribution < -0.4 is 5.32 Å². The minimum Gasteiger partial charge on any atom is -0.388 e. The molecule has 0 bridgehead atoms. The van der Waals surface area contributed by atoms with Crippen molar-refractivity contribution in [3.05, 3.63) is 60.6 Å². The summed E-state index contributed by atoms with van der Waals surface area (Å²) in [5.41, 5.74) is 3.94. The topological polar surface area (TPSA) is 63.1 Å². The maximum absolute atomic E-state index is 4.81. The van der Waals surface area contributed by atoms with Gasteiger partial charge in [0, 0.05) is 47.7 Å². The average molecular weight is 315 g/mol. The van der Waals surface area contributed by atoms with E-state index in [1.807, 2.05) is 43.3 Å². The molecule has 5 nitrogen and oxygen atoms in total. The molecule has 2 aromatic heterocycles. The number of allylic oxidation sites excluding steroid dienone is 2. The standard InChI is InChI=1S/C19H17N5/c1-13-11-15(8-10-21-13)22-19-16-6-2-3-7-17(16)23-18(24-19)14-5-4-9-20-12-14/h2-7,9,11-12,21H,8,10H2,1H3. The summed E-state index contributed by atoms with van der Waals surface area (Å²) in [6.45, 7) is 2.95. The van der Waals surface area contributed by atoms with Gasteiger partial charge in [0.05, 0.1) is 5.52 Å². The Morgan fingerprint density at radius 2 is 2.00 bits per heavy atom. The Labute approximate surface area is 140 Å². The van der Waals surface area contributed by atoms with Crippen molar-refractivity contribution in [1.29, 1.82) is 0 Å². The first-order valence-electron chi connectivity index (χ1n) is 7.96. The Hall–Kier alpha value is -3.08. The highest BCUT2D eigenvalue weighted by molar-refractivity contribution is 6.00. The Morgan fingerprint density at radius 3 is 2.83 bits per heavy atom. The molecule has 0 spiro atoms. The number of rotatable bonds is 2. The number of benzene rings is 1. The average Bonchev–Trinajstić information content (AvgIpc) is 2.62. The molecular weight excluding hydrogens is 298 g/mol. The molecule has 0 saturated heterocycles. The van der Waals surface area contributed by atoms with Crippen molar-refractivity contribution in [3.63, 3.8) is 0 Å². The van der Waals surface area contributed by atoms with E-state index in [-0.39, 0.29) is 0 Å². The summed E-state index contributed by atoms with van der Waals surface area (Å²) in [6.07, 6.45) is 6.48. The monoisotopic (exact) mass is 315 g/mol. The summed E-state index contributed by atoms with van der Waals surface area (Å²) in [5, 5.41) is 4.27. The minimum absolute atomic E-state index is 0.649. The third-order valence-corrected chi connectivity index (χ3v) is 3.92. The van der Waals surface area contributed by atoms with Gasteiger partial charge in [-0.1, -0.05) is 12.1 Å². The van der Waals surface area contributed by atoms with Crippen LogP contribution in [0.3, 0.4) is 0 Å². The van der Waals surface area contributed by atoms with Gasteiger partial charge in [-0.05, 0) is 37.3 Å². The number of nitrogens with one attached hydrogen (secondary N) is 1. The Balaban J connectivity index is 1.90. The second kappa shape index (κ2) is 6.20. The molecule has 3 aromatic rings. The van der Waals surface area contributed by atoms with Crippen LogP contribution in [0.25, 0.3) is 22.3 Å². The fourth-order valence-corrected chi connectivity index (χ4v) is 2.75. The van der Waals surface area contributed by atoms with Crippen molar-refractivity contribution in [3.8, 4) is 11.4 Å². The van der Waals surface area contributed by atoms with Gasteiger partial charge in [0.25, 0.3) is 0 Å². The molecule has 0 saturated carbocycles. The van der Waals surface area contributed by atoms with E-state index >= 15 is 0 Å². The number of fused-ring (bicyclic) bond motifs is 1. The molecule has 0 radical (unpaired) electrons. The summed E-state index contributed by atoms with van der Waals surface area (Å²) in [4.78, 5) is 18.3. The fraction of sp³-hybridized carbons (Fsp3) is 0.158. The summed E-state index contributed by atoms with van der Waals surface area (Å²) >= 11 is 0. The van der Waals surface area contributed by atoms with E-state index < -0.39 is 0 Å². The Kier molecular flexibility index (Phi) is 3.75. The Bertz CT molecular complexity index is 944. The predicted octanol–water partition coefficient (Wildman–Crippen LogP) is 3.66. The number of hydrogen-bond donors (Lipinski definition) is 1. The molecule has 0 amide bonds. The molecule has 0 unspecified atom stereocenters. The zero-order chi connectivity index (χ0) is 16.4. The highest BCUT2D eigenvalue weighted by Gasteiger charge is 2.11. The van der Waals surface area contributed by atoms with Crippen LogP contribution in [0.5, 0.6) is 0 Å². The van der Waals surface area contributed by atoms with Gasteiger partial charge in [-0.15, -0.1) is 0 Å². The first-order valence-corrected chi connectivity index (χ1v) is 7.96. The number of para-hydroxylation sites is 1. The van der Waals surface area contributed by atoms with E-state index in [0.29, 0.717) is 11.6 Å². The molecule has 1 N–H and O–H groups in total. The first-order chi connectivity index (χ1) is 11.8. The maximum atomic E-state index is 4.81. The lowest BCUT2D eigenvalue weighted by molar-refractivity contribution is 0.801. The van der Waals surface area contributed by atoms with Crippen LogP contribution in [0, 0.1) is 0 Å². The predicted molar refractivity (Wildman–Crippen MR) is 96.2 cm³/mol. The van der Waals surface area contributed by atoms with Crippen molar-refractivity contribution < 1.29 is 0 Å². The normalized spacial score (nSPS) is 16.0. The molecule has 0 aliphatic carbocycles. The van der Waals surface area contributed by atoms with Crippen LogP contribution in [0.4, 0.5) is 5.82 Å². The van der Waals surface area contributed by atoms with Gasteiger partial charge in [0.2, 0.25) is 0 Å². The molecule has 24 heavy (non-hydrogen) atoms. The zero-order valence-corrected chi connectivity index (χ0v) is 13.4. The van der Waals surface area contributed by atoms with Crippen molar-refractivity contribution >= 4 is 22.4 Å². The lowest BCUT2D eigenvalue weighted by Crippen LogP contribution is -2.21. The number of nitrogens with zero attached hydrogens (tertiary/aromatic N) is 4. The Morgan fingerprint density at radius 1 is 1.08 bits per heavy atom. The van der Waals surface area contributed by atoms with Crippen LogP contribution in [-0.4, -0.2) is 27.2 Å². The lowest BCUT2D eigenvalue weighted by Gasteiger charge is -2.14. The molecular formula is C19H17N5. The molecule has 1 aromatic carbocycles. The number of aliphatic imine (C=N–C) groups is 1. The summed E-state index contributed by atoms with van der Waals surface area (Å²) in [6, 6.07) is 11.8. The van der Waals surface area contributed by atoms with Gasteiger partial charge in [0.15, 0.2) is 11.6 Å². The van der Waals surface area contributed by atoms with Gasteiger partial charge in [0.1, 0.15) is 0 Å². The van der Waals surface area contributed by atoms with E-state index in [0.717, 1.165) is 40.8 Å². The zero-order valence-electron chi connectivity index (χ0n) is 13.4. The van der Waals surface area contributed by atoms with Gasteiger partial charge < -0.3 is 5.32 Å². The smallest absolute Gasteiger partial charge is 0.164 e. The molecule has 0 fully saturated rings. The molecule has 5 heteroatoms. The van der Waals surface area contributed by atoms with Crippen LogP contribution in [0.15, 0.2) is 65.6 Å². The quantitative estimate of drug-likeness (QED) is 0.784. The minimum atomic E-state index is 0.649. The van der Waals surface area contributed by atoms with Gasteiger partial charge in [-0.3, -0.25) is 4.98 Å². The van der Waals surface area contributed by atoms with E-state index in [9.17, 15) is 0 Å². The maximum Gasteiger partial charge on any atom is 0.164 e. The van der Waals surface area contributed by atoms with Crippen molar-refractivity contribution in [2.24, 2.45) is 4.99 Å². The third kappa shape index (κ3) is 2.88. The van der Waals surface area contributed by atoms with Crippen molar-refractivity contribution in [2.75, 3.05) is 6.54 Å². The third-order valence-electron chi connectivity index (χ3n) is 3.92. The second-order valence-corrected chi connectivity index (χ2v) is 5.74. The lowest BCUT2D eigenvalue weighted by atomic mass is 10.1. The van der Waals surface area contributed by atoms with Gasteiger partial charge in [-0.25, -0.2) is 15.0 Å². The fourth-order valence-electron chi connectivity index (χ4n) is 2.75. The molecule has 4 rings (SSSR count). The number of hydrogen-bond acceptors (Lipinski definition) is 5. The highest BCUT2D eigenvalue weighted by atomic mass is 15.0. The highest BCUT2D eigenvalue weighted by Crippen LogP contribution is 2.27. The molecule has 3 heterocycles. The molecule has 1 aliphatic rings. The van der Waals surface area contributed by atoms with E-state index in [1.165, 1.54) is 0 Å². The molecule has 118 valence electrons. The van der Waals surface area contributed by atoms with Gasteiger partial charge in [-0.2, -0.15) is 0 Å². The second-order valence-electron chi connectivity index (χ2n) is 5.74. The van der Waals surface area contributed by atoms with Crippen molar-refractivity contribution in [2.45, 2.75) is 13.3 Å². The molecule has 1 aliphatic heterocycles. The number of pyridine rings is 1. The van der Waals surface area contributed by atoms with E-state index in [1.54, 1.807) is 12.4 Å². The summed E-state index contributed by atoms with van der Waals surface area (Å²) < 4.78 is 0. The largest absolute Gasteiger partial charge is 0.388 e.